The predicted octanol–water partition coefficient (Wildman–Crippen LogP) is 2.27. The van der Waals surface area contributed by atoms with Gasteiger partial charge < -0.3 is 10.4 Å². The second-order valence-electron chi connectivity index (χ2n) is 4.51. The fourth-order valence-corrected chi connectivity index (χ4v) is 3.08. The average Bonchev–Trinajstić information content (AvgIpc) is 2.88. The van der Waals surface area contributed by atoms with Crippen molar-refractivity contribution in [2.75, 3.05) is 0 Å². The Hall–Kier alpha value is -0.450. The van der Waals surface area contributed by atoms with E-state index in [9.17, 15) is 5.11 Å². The van der Waals surface area contributed by atoms with E-state index in [4.69, 9.17) is 0 Å². The molecule has 0 radical (unpaired) electrons. The molecule has 1 aromatic rings. The van der Waals surface area contributed by atoms with Gasteiger partial charge in [-0.25, -0.2) is 4.98 Å². The minimum absolute atomic E-state index is 0.173. The molecule has 1 aliphatic carbocycles. The van der Waals surface area contributed by atoms with Crippen LogP contribution in [0.25, 0.3) is 0 Å². The van der Waals surface area contributed by atoms with Gasteiger partial charge in [0.15, 0.2) is 0 Å². The van der Waals surface area contributed by atoms with E-state index in [-0.39, 0.29) is 18.2 Å². The number of hydrogen-bond acceptors (Lipinski definition) is 4. The van der Waals surface area contributed by atoms with E-state index in [0.717, 1.165) is 30.7 Å². The summed E-state index contributed by atoms with van der Waals surface area (Å²) in [6.45, 7) is 4.28. The van der Waals surface area contributed by atoms with Gasteiger partial charge in [0.1, 0.15) is 5.01 Å². The number of hydrogen-bond donors (Lipinski definition) is 2. The van der Waals surface area contributed by atoms with Gasteiger partial charge in [-0.1, -0.05) is 6.92 Å². The zero-order chi connectivity index (χ0) is 11.5. The van der Waals surface area contributed by atoms with Gasteiger partial charge in [-0.05, 0) is 32.6 Å². The fourth-order valence-electron chi connectivity index (χ4n) is 2.21. The lowest BCUT2D eigenvalue weighted by Gasteiger charge is -2.20. The number of nitrogens with zero attached hydrogens (tertiary/aromatic N) is 1. The topological polar surface area (TPSA) is 45.2 Å². The maximum atomic E-state index is 9.76. The van der Waals surface area contributed by atoms with Crippen LogP contribution in [0.1, 0.15) is 49.0 Å². The van der Waals surface area contributed by atoms with Crippen LogP contribution in [0.15, 0.2) is 6.20 Å². The highest BCUT2D eigenvalue weighted by Crippen LogP contribution is 2.25. The van der Waals surface area contributed by atoms with Crippen LogP contribution >= 0.6 is 11.3 Å². The van der Waals surface area contributed by atoms with Gasteiger partial charge in [0.25, 0.3) is 0 Å². The van der Waals surface area contributed by atoms with E-state index in [0.29, 0.717) is 0 Å². The number of thiazole rings is 1. The summed E-state index contributed by atoms with van der Waals surface area (Å²) < 4.78 is 0. The third-order valence-electron chi connectivity index (χ3n) is 3.23. The van der Waals surface area contributed by atoms with E-state index < -0.39 is 0 Å². The molecule has 16 heavy (non-hydrogen) atoms. The highest BCUT2D eigenvalue weighted by molar-refractivity contribution is 7.11. The molecule has 0 bridgehead atoms. The molecule has 2 N–H and O–H groups in total. The number of rotatable bonds is 4. The van der Waals surface area contributed by atoms with Crippen molar-refractivity contribution >= 4 is 11.3 Å². The summed E-state index contributed by atoms with van der Waals surface area (Å²) in [5.74, 6) is 0. The molecule has 0 amide bonds. The Labute approximate surface area is 101 Å². The van der Waals surface area contributed by atoms with Gasteiger partial charge in [0.05, 0.1) is 12.1 Å². The highest BCUT2D eigenvalue weighted by Gasteiger charge is 2.27. The van der Waals surface area contributed by atoms with Gasteiger partial charge in [-0.3, -0.25) is 0 Å². The number of aromatic nitrogens is 1. The Balaban J connectivity index is 1.94. The molecule has 1 aromatic heterocycles. The molecule has 0 saturated heterocycles. The molecule has 1 aliphatic rings. The maximum absolute atomic E-state index is 9.76. The Morgan fingerprint density at radius 1 is 1.62 bits per heavy atom. The predicted molar refractivity (Wildman–Crippen MR) is 66.7 cm³/mol. The summed E-state index contributed by atoms with van der Waals surface area (Å²) in [5, 5.41) is 14.4. The summed E-state index contributed by atoms with van der Waals surface area (Å²) in [4.78, 5) is 5.76. The average molecular weight is 240 g/mol. The standard InChI is InChI=1S/C12H20N2OS/c1-3-9-7-13-12(16-9)8(2)14-10-5-4-6-11(10)15/h7-8,10-11,14-15H,3-6H2,1-2H3. The number of aryl methyl sites for hydroxylation is 1. The first-order chi connectivity index (χ1) is 7.70. The molecule has 1 fully saturated rings. The van der Waals surface area contributed by atoms with Crippen molar-refractivity contribution in [3.8, 4) is 0 Å². The third kappa shape index (κ3) is 2.62. The van der Waals surface area contributed by atoms with Crippen molar-refractivity contribution in [1.82, 2.24) is 10.3 Å². The van der Waals surface area contributed by atoms with Crippen LogP contribution in [-0.2, 0) is 6.42 Å². The summed E-state index contributed by atoms with van der Waals surface area (Å²) in [7, 11) is 0. The maximum Gasteiger partial charge on any atom is 0.109 e. The molecule has 1 saturated carbocycles. The molecule has 0 aromatic carbocycles. The molecule has 4 heteroatoms. The molecule has 3 unspecified atom stereocenters. The summed E-state index contributed by atoms with van der Waals surface area (Å²) >= 11 is 1.77. The number of aliphatic hydroxyl groups is 1. The van der Waals surface area contributed by atoms with Crippen LogP contribution in [0, 0.1) is 0 Å². The second-order valence-corrected chi connectivity index (χ2v) is 5.66. The van der Waals surface area contributed by atoms with Gasteiger partial charge in [-0.15, -0.1) is 11.3 Å². The van der Waals surface area contributed by atoms with Crippen molar-refractivity contribution in [2.24, 2.45) is 0 Å². The smallest absolute Gasteiger partial charge is 0.109 e. The first-order valence-electron chi connectivity index (χ1n) is 6.09. The largest absolute Gasteiger partial charge is 0.392 e. The summed E-state index contributed by atoms with van der Waals surface area (Å²) in [6.07, 6.45) is 5.98. The van der Waals surface area contributed by atoms with Crippen LogP contribution in [0.3, 0.4) is 0 Å². The Bertz CT molecular complexity index is 340. The van der Waals surface area contributed by atoms with Gasteiger partial charge >= 0.3 is 0 Å². The molecule has 90 valence electrons. The van der Waals surface area contributed by atoms with E-state index in [1.165, 1.54) is 4.88 Å². The Kier molecular flexibility index (Phi) is 3.95. The molecule has 3 nitrogen and oxygen atoms in total. The van der Waals surface area contributed by atoms with E-state index in [1.54, 1.807) is 11.3 Å². The third-order valence-corrected chi connectivity index (χ3v) is 4.56. The van der Waals surface area contributed by atoms with Crippen LogP contribution in [0.5, 0.6) is 0 Å². The fraction of sp³-hybridized carbons (Fsp3) is 0.750. The van der Waals surface area contributed by atoms with Gasteiger partial charge in [0.2, 0.25) is 0 Å². The molecular weight excluding hydrogens is 220 g/mol. The van der Waals surface area contributed by atoms with Gasteiger partial charge in [0, 0.05) is 17.1 Å². The summed E-state index contributed by atoms with van der Waals surface area (Å²) in [6, 6.07) is 0.507. The highest BCUT2D eigenvalue weighted by atomic mass is 32.1. The number of aliphatic hydroxyl groups excluding tert-OH is 1. The first kappa shape index (κ1) is 12.0. The van der Waals surface area contributed by atoms with Gasteiger partial charge in [-0.2, -0.15) is 0 Å². The lowest BCUT2D eigenvalue weighted by atomic mass is 10.2. The van der Waals surface area contributed by atoms with Crippen molar-refractivity contribution in [2.45, 2.75) is 57.7 Å². The zero-order valence-electron chi connectivity index (χ0n) is 9.94. The Morgan fingerprint density at radius 2 is 2.44 bits per heavy atom. The lowest BCUT2D eigenvalue weighted by Crippen LogP contribution is -2.37. The Morgan fingerprint density at radius 3 is 3.00 bits per heavy atom. The molecule has 0 aliphatic heterocycles. The normalized spacial score (nSPS) is 27.2. The minimum atomic E-state index is -0.173. The molecule has 0 spiro atoms. The van der Waals surface area contributed by atoms with Crippen molar-refractivity contribution in [1.29, 1.82) is 0 Å². The second kappa shape index (κ2) is 5.25. The lowest BCUT2D eigenvalue weighted by molar-refractivity contribution is 0.144. The molecule has 2 rings (SSSR count). The van der Waals surface area contributed by atoms with Crippen LogP contribution < -0.4 is 5.32 Å². The van der Waals surface area contributed by atoms with E-state index in [2.05, 4.69) is 24.1 Å². The quantitative estimate of drug-likeness (QED) is 0.848. The van der Waals surface area contributed by atoms with Crippen LogP contribution in [0.2, 0.25) is 0 Å². The zero-order valence-corrected chi connectivity index (χ0v) is 10.8. The van der Waals surface area contributed by atoms with Crippen molar-refractivity contribution < 1.29 is 5.11 Å². The van der Waals surface area contributed by atoms with Crippen LogP contribution in [-0.4, -0.2) is 22.2 Å². The molecule has 3 atom stereocenters. The van der Waals surface area contributed by atoms with E-state index in [1.807, 2.05) is 6.20 Å². The van der Waals surface area contributed by atoms with Crippen molar-refractivity contribution in [3.63, 3.8) is 0 Å². The van der Waals surface area contributed by atoms with Crippen LogP contribution in [0.4, 0.5) is 0 Å². The van der Waals surface area contributed by atoms with Crippen molar-refractivity contribution in [3.05, 3.63) is 16.1 Å². The van der Waals surface area contributed by atoms with E-state index >= 15 is 0 Å². The summed E-state index contributed by atoms with van der Waals surface area (Å²) in [5.41, 5.74) is 0. The molecule has 1 heterocycles. The molecular formula is C12H20N2OS. The monoisotopic (exact) mass is 240 g/mol. The SMILES string of the molecule is CCc1cnc(C(C)NC2CCCC2O)s1. The number of nitrogens with one attached hydrogen (secondary N) is 1. The first-order valence-corrected chi connectivity index (χ1v) is 6.91. The minimum Gasteiger partial charge on any atom is -0.392 e.